The minimum Gasteiger partial charge on any atom is -0.354 e. The van der Waals surface area contributed by atoms with Crippen LogP contribution in [0.25, 0.3) is 0 Å². The number of thiazole rings is 2. The molecule has 0 saturated carbocycles. The van der Waals surface area contributed by atoms with Gasteiger partial charge in [-0.3, -0.25) is 19.2 Å². The zero-order valence-electron chi connectivity index (χ0n) is 17.0. The maximum absolute atomic E-state index is 12.3. The molecule has 0 bridgehead atoms. The van der Waals surface area contributed by atoms with Gasteiger partial charge in [0.05, 0.1) is 0 Å². The number of nitrogens with zero attached hydrogens (tertiary/aromatic N) is 2. The van der Waals surface area contributed by atoms with Crippen LogP contribution in [0.15, 0.2) is 20.3 Å². The molecule has 10 heteroatoms. The van der Waals surface area contributed by atoms with Gasteiger partial charge >= 0.3 is 9.75 Å². The van der Waals surface area contributed by atoms with Crippen LogP contribution in [0.2, 0.25) is 0 Å². The van der Waals surface area contributed by atoms with Crippen LogP contribution in [0, 0.1) is 13.8 Å². The van der Waals surface area contributed by atoms with Crippen LogP contribution in [0.1, 0.15) is 44.0 Å². The molecular formula is C19H28N4O4S2. The largest absolute Gasteiger partial charge is 0.354 e. The molecule has 1 atom stereocenters. The molecule has 0 fully saturated rings. The molecule has 2 heterocycles. The fraction of sp³-hybridized carbons (Fsp3) is 0.579. The second kappa shape index (κ2) is 11.1. The Morgan fingerprint density at radius 3 is 1.93 bits per heavy atom. The lowest BCUT2D eigenvalue weighted by molar-refractivity contribution is -0.124. The van der Waals surface area contributed by atoms with E-state index in [0.29, 0.717) is 19.6 Å². The van der Waals surface area contributed by atoms with Crippen LogP contribution in [-0.4, -0.2) is 33.5 Å². The summed E-state index contributed by atoms with van der Waals surface area (Å²) in [6, 6.07) is -0.164. The number of amides is 2. The van der Waals surface area contributed by atoms with Gasteiger partial charge in [-0.15, -0.1) is 0 Å². The first-order chi connectivity index (χ1) is 13.8. The summed E-state index contributed by atoms with van der Waals surface area (Å²) in [5, 5.41) is 9.34. The third-order valence-electron chi connectivity index (χ3n) is 4.63. The predicted octanol–water partition coefficient (Wildman–Crippen LogP) is 1.63. The third kappa shape index (κ3) is 6.97. The lowest BCUT2D eigenvalue weighted by atomic mass is 10.1. The summed E-state index contributed by atoms with van der Waals surface area (Å²) in [4.78, 5) is 47.7. The number of carbonyl (C=O) groups excluding carboxylic acids is 2. The summed E-state index contributed by atoms with van der Waals surface area (Å²) in [5.74, 6) is -0.297. The van der Waals surface area contributed by atoms with Crippen molar-refractivity contribution in [1.82, 2.24) is 19.8 Å². The Kier molecular flexibility index (Phi) is 8.84. The molecule has 0 radical (unpaired) electrons. The van der Waals surface area contributed by atoms with Crippen molar-refractivity contribution in [3.05, 3.63) is 41.5 Å². The summed E-state index contributed by atoms with van der Waals surface area (Å²) >= 11 is 2.26. The summed E-state index contributed by atoms with van der Waals surface area (Å²) in [5.41, 5.74) is 1.70. The van der Waals surface area contributed by atoms with Crippen LogP contribution in [-0.2, 0) is 22.7 Å². The van der Waals surface area contributed by atoms with Gasteiger partial charge in [0, 0.05) is 60.7 Å². The normalized spacial score (nSPS) is 12.0. The van der Waals surface area contributed by atoms with Crippen LogP contribution in [0.5, 0.6) is 0 Å². The lowest BCUT2D eigenvalue weighted by Crippen LogP contribution is -2.44. The average Bonchev–Trinajstić information content (AvgIpc) is 3.17. The first-order valence-electron chi connectivity index (χ1n) is 9.67. The number of carbonyl (C=O) groups is 2. The number of nitrogens with one attached hydrogen (secondary N) is 2. The number of rotatable bonds is 11. The van der Waals surface area contributed by atoms with Crippen LogP contribution < -0.4 is 20.4 Å². The number of hydrogen-bond acceptors (Lipinski definition) is 6. The number of hydrogen-bond donors (Lipinski definition) is 2. The second-order valence-corrected chi connectivity index (χ2v) is 8.59. The topological polar surface area (TPSA) is 102 Å². The molecule has 0 saturated heterocycles. The molecule has 2 aromatic heterocycles. The molecule has 0 aliphatic rings. The van der Waals surface area contributed by atoms with Crippen LogP contribution in [0.4, 0.5) is 0 Å². The molecule has 8 nitrogen and oxygen atoms in total. The molecule has 0 aliphatic carbocycles. The van der Waals surface area contributed by atoms with E-state index in [9.17, 15) is 19.2 Å². The van der Waals surface area contributed by atoms with E-state index < -0.39 is 0 Å². The minimum atomic E-state index is -0.164. The van der Waals surface area contributed by atoms with Crippen LogP contribution >= 0.6 is 22.7 Å². The van der Waals surface area contributed by atoms with Gasteiger partial charge in [0.15, 0.2) is 0 Å². The molecule has 2 N–H and O–H groups in total. The standard InChI is InChI=1S/C19H28N4O4S2/c1-4-5-15(21-17(25)7-9-23-14(3)12-29-19(23)27)10-20-16(24)6-8-22-13(2)11-28-18(22)26/h11-12,15H,4-10H2,1-3H3,(H,20,24)(H,21,25). The summed E-state index contributed by atoms with van der Waals surface area (Å²) in [6.45, 7) is 6.74. The molecule has 0 aliphatic heterocycles. The molecule has 0 aromatic carbocycles. The monoisotopic (exact) mass is 440 g/mol. The van der Waals surface area contributed by atoms with E-state index in [-0.39, 0.29) is 40.4 Å². The fourth-order valence-electron chi connectivity index (χ4n) is 2.97. The van der Waals surface area contributed by atoms with Gasteiger partial charge in [0.25, 0.3) is 0 Å². The highest BCUT2D eigenvalue weighted by Gasteiger charge is 2.14. The fourth-order valence-corrected chi connectivity index (χ4v) is 4.50. The molecular weight excluding hydrogens is 412 g/mol. The smallest absolute Gasteiger partial charge is 0.307 e. The Morgan fingerprint density at radius 2 is 1.48 bits per heavy atom. The highest BCUT2D eigenvalue weighted by atomic mass is 32.1. The molecule has 0 spiro atoms. The van der Waals surface area contributed by atoms with Gasteiger partial charge in [-0.1, -0.05) is 36.0 Å². The van der Waals surface area contributed by atoms with Gasteiger partial charge in [-0.05, 0) is 20.3 Å². The molecule has 2 aromatic rings. The van der Waals surface area contributed by atoms with E-state index in [2.05, 4.69) is 10.6 Å². The van der Waals surface area contributed by atoms with E-state index in [4.69, 9.17) is 0 Å². The van der Waals surface area contributed by atoms with Gasteiger partial charge in [0.1, 0.15) is 0 Å². The van der Waals surface area contributed by atoms with Crippen molar-refractivity contribution < 1.29 is 9.59 Å². The Bertz CT molecular complexity index is 941. The van der Waals surface area contributed by atoms with E-state index in [1.165, 1.54) is 0 Å². The summed E-state index contributed by atoms with van der Waals surface area (Å²) in [6.07, 6.45) is 2.04. The van der Waals surface area contributed by atoms with Gasteiger partial charge in [-0.2, -0.15) is 0 Å². The SMILES string of the molecule is CCCC(CNC(=O)CCn1c(C)csc1=O)NC(=O)CCn1c(C)csc1=O. The Morgan fingerprint density at radius 1 is 0.966 bits per heavy atom. The molecule has 1 unspecified atom stereocenters. The van der Waals surface area contributed by atoms with E-state index in [1.807, 2.05) is 20.8 Å². The van der Waals surface area contributed by atoms with E-state index >= 15 is 0 Å². The molecule has 29 heavy (non-hydrogen) atoms. The first-order valence-corrected chi connectivity index (χ1v) is 11.4. The van der Waals surface area contributed by atoms with Gasteiger partial charge in [-0.25, -0.2) is 0 Å². The summed E-state index contributed by atoms with van der Waals surface area (Å²) < 4.78 is 3.18. The second-order valence-electron chi connectivity index (χ2n) is 6.95. The Labute approximate surface area is 177 Å². The maximum Gasteiger partial charge on any atom is 0.307 e. The van der Waals surface area contributed by atoms with Gasteiger partial charge in [0.2, 0.25) is 11.8 Å². The lowest BCUT2D eigenvalue weighted by Gasteiger charge is -2.19. The zero-order chi connectivity index (χ0) is 21.4. The quantitative estimate of drug-likeness (QED) is 0.554. The highest BCUT2D eigenvalue weighted by molar-refractivity contribution is 7.07. The van der Waals surface area contributed by atoms with E-state index in [1.54, 1.807) is 19.9 Å². The predicted molar refractivity (Wildman–Crippen MR) is 116 cm³/mol. The van der Waals surface area contributed by atoms with Crippen molar-refractivity contribution in [1.29, 1.82) is 0 Å². The maximum atomic E-state index is 12.3. The number of aryl methyl sites for hydroxylation is 2. The third-order valence-corrected chi connectivity index (χ3v) is 6.39. The number of aromatic nitrogens is 2. The molecule has 160 valence electrons. The zero-order valence-corrected chi connectivity index (χ0v) is 18.7. The van der Waals surface area contributed by atoms with Crippen molar-refractivity contribution in [2.45, 2.75) is 65.6 Å². The van der Waals surface area contributed by atoms with Gasteiger partial charge < -0.3 is 19.8 Å². The van der Waals surface area contributed by atoms with Crippen molar-refractivity contribution >= 4 is 34.5 Å². The molecule has 2 amide bonds. The minimum absolute atomic E-state index is 0.0624. The highest BCUT2D eigenvalue weighted by Crippen LogP contribution is 2.03. The van der Waals surface area contributed by atoms with Crippen LogP contribution in [0.3, 0.4) is 0 Å². The van der Waals surface area contributed by atoms with E-state index in [0.717, 1.165) is 46.9 Å². The summed E-state index contributed by atoms with van der Waals surface area (Å²) in [7, 11) is 0. The average molecular weight is 441 g/mol. The first kappa shape index (κ1) is 23.1. The van der Waals surface area contributed by atoms with Crippen molar-refractivity contribution in [2.75, 3.05) is 6.54 Å². The van der Waals surface area contributed by atoms with Crippen molar-refractivity contribution in [2.24, 2.45) is 0 Å². The Balaban J connectivity index is 1.78. The van der Waals surface area contributed by atoms with Crippen molar-refractivity contribution in [3.8, 4) is 0 Å². The Hall–Kier alpha value is -2.20. The molecule has 2 rings (SSSR count). The van der Waals surface area contributed by atoms with Crippen molar-refractivity contribution in [3.63, 3.8) is 0 Å².